The van der Waals surface area contributed by atoms with Gasteiger partial charge in [0, 0.05) is 49.9 Å². The molecule has 2 aliphatic carbocycles. The van der Waals surface area contributed by atoms with Crippen LogP contribution in [0.3, 0.4) is 0 Å². The number of benzene rings is 1. The molecule has 4 rings (SSSR count). The molecular weight excluding hydrogens is 488 g/mol. The largest absolute Gasteiger partial charge is 0.385 e. The Morgan fingerprint density at radius 1 is 1.10 bits per heavy atom. The summed E-state index contributed by atoms with van der Waals surface area (Å²) >= 11 is 0. The highest BCUT2D eigenvalue weighted by Crippen LogP contribution is 2.49. The maximum absolute atomic E-state index is 13.1. The zero-order valence-electron chi connectivity index (χ0n) is 24.4. The fraction of sp³-hybridized carbons (Fsp3) is 0.719. The minimum atomic E-state index is -0.634. The van der Waals surface area contributed by atoms with Crippen LogP contribution in [0.5, 0.6) is 0 Å². The van der Waals surface area contributed by atoms with E-state index in [2.05, 4.69) is 29.8 Å². The van der Waals surface area contributed by atoms with Gasteiger partial charge in [-0.15, -0.1) is 0 Å². The topological polar surface area (TPSA) is 90.5 Å². The first kappa shape index (κ1) is 29.6. The first-order chi connectivity index (χ1) is 18.8. The van der Waals surface area contributed by atoms with Crippen LogP contribution in [0.25, 0.3) is 0 Å². The fourth-order valence-electron chi connectivity index (χ4n) is 7.79. The molecule has 39 heavy (non-hydrogen) atoms. The smallest absolute Gasteiger partial charge is 0.255 e. The highest BCUT2D eigenvalue weighted by Gasteiger charge is 2.40. The third kappa shape index (κ3) is 7.62. The van der Waals surface area contributed by atoms with Gasteiger partial charge in [-0.3, -0.25) is 9.59 Å². The van der Waals surface area contributed by atoms with E-state index in [0.717, 1.165) is 54.8 Å². The molecule has 1 aromatic rings. The minimum absolute atomic E-state index is 0.138. The summed E-state index contributed by atoms with van der Waals surface area (Å²) in [4.78, 5) is 38.0. The van der Waals surface area contributed by atoms with Crippen LogP contribution in [0.1, 0.15) is 100 Å². The van der Waals surface area contributed by atoms with Crippen LogP contribution in [0.2, 0.25) is 0 Å². The predicted molar refractivity (Wildman–Crippen MR) is 157 cm³/mol. The summed E-state index contributed by atoms with van der Waals surface area (Å²) in [5, 5.41) is 9.95. The molecule has 2 amide bonds. The molecule has 7 heteroatoms. The summed E-state index contributed by atoms with van der Waals surface area (Å²) in [6.45, 7) is 8.48. The lowest BCUT2D eigenvalue weighted by Crippen LogP contribution is -2.46. The van der Waals surface area contributed by atoms with Crippen molar-refractivity contribution in [3.8, 4) is 0 Å². The zero-order valence-corrected chi connectivity index (χ0v) is 24.4. The second-order valence-corrected chi connectivity index (χ2v) is 12.9. The molecular formula is C32H50N4O3. The van der Waals surface area contributed by atoms with E-state index in [-0.39, 0.29) is 18.2 Å². The Bertz CT molecular complexity index is 978. The number of carbonyl (C=O) groups is 3. The summed E-state index contributed by atoms with van der Waals surface area (Å²) < 4.78 is 0. The molecule has 0 aromatic heterocycles. The van der Waals surface area contributed by atoms with E-state index >= 15 is 0 Å². The summed E-state index contributed by atoms with van der Waals surface area (Å²) in [6.07, 6.45) is 13.3. The van der Waals surface area contributed by atoms with Crippen molar-refractivity contribution in [1.29, 1.82) is 0 Å². The Morgan fingerprint density at radius 3 is 2.51 bits per heavy atom. The van der Waals surface area contributed by atoms with Gasteiger partial charge >= 0.3 is 0 Å². The molecule has 2 saturated carbocycles. The van der Waals surface area contributed by atoms with Crippen LogP contribution in [-0.2, 0) is 16.1 Å². The van der Waals surface area contributed by atoms with Gasteiger partial charge in [-0.25, -0.2) is 0 Å². The molecule has 7 nitrogen and oxygen atoms in total. The van der Waals surface area contributed by atoms with Gasteiger partial charge in [0.15, 0.2) is 0 Å². The number of carbonyl (C=O) groups excluding carboxylic acids is 3. The summed E-state index contributed by atoms with van der Waals surface area (Å²) in [6, 6.07) is 5.11. The van der Waals surface area contributed by atoms with Crippen molar-refractivity contribution in [3.05, 3.63) is 29.3 Å². The molecule has 3 aliphatic rings. The van der Waals surface area contributed by atoms with E-state index in [1.54, 1.807) is 11.9 Å². The van der Waals surface area contributed by atoms with Crippen LogP contribution in [-0.4, -0.2) is 55.7 Å². The molecule has 3 unspecified atom stereocenters. The molecule has 0 saturated heterocycles. The van der Waals surface area contributed by atoms with Crippen LogP contribution in [0.15, 0.2) is 18.2 Å². The number of unbranched alkanes of at least 4 members (excludes halogenated alkanes) is 3. The van der Waals surface area contributed by atoms with E-state index in [1.165, 1.54) is 57.9 Å². The molecule has 2 bridgehead atoms. The lowest BCUT2D eigenvalue weighted by Gasteiger charge is -2.47. The number of amides is 2. The molecule has 216 valence electrons. The van der Waals surface area contributed by atoms with Gasteiger partial charge in [-0.1, -0.05) is 32.8 Å². The van der Waals surface area contributed by atoms with Gasteiger partial charge in [0.1, 0.15) is 12.3 Å². The molecule has 1 heterocycles. The van der Waals surface area contributed by atoms with Crippen molar-refractivity contribution >= 4 is 23.8 Å². The molecule has 3 N–H and O–H groups in total. The summed E-state index contributed by atoms with van der Waals surface area (Å²) in [5.41, 5.74) is 3.05. The van der Waals surface area contributed by atoms with Crippen molar-refractivity contribution in [3.63, 3.8) is 0 Å². The number of hydrogen-bond donors (Lipinski definition) is 3. The van der Waals surface area contributed by atoms with E-state index in [4.69, 9.17) is 0 Å². The average molecular weight is 539 g/mol. The number of likely N-dealkylation sites (N-methyl/N-ethyl adjacent to an activating group) is 1. The zero-order chi connectivity index (χ0) is 27.8. The predicted octanol–water partition coefficient (Wildman–Crippen LogP) is 5.15. The second kappa shape index (κ2) is 13.8. The Balaban J connectivity index is 1.14. The van der Waals surface area contributed by atoms with Gasteiger partial charge in [-0.2, -0.15) is 0 Å². The van der Waals surface area contributed by atoms with Gasteiger partial charge in [-0.05, 0) is 93.2 Å². The normalized spacial score (nSPS) is 26.7. The maximum atomic E-state index is 13.1. The van der Waals surface area contributed by atoms with Crippen molar-refractivity contribution in [2.24, 2.45) is 23.2 Å². The fourth-order valence-corrected chi connectivity index (χ4v) is 7.79. The van der Waals surface area contributed by atoms with Gasteiger partial charge in [0.25, 0.3) is 5.91 Å². The standard InChI is InChI=1S/C32H50N4O3/c1-23-16-24-18-25(17-23)20-32(2,19-24)22-34-13-6-4-5-7-14-35-28-11-8-10-26-27(28)21-36(31(26)39)29(12-9-15-37)30(38)33-3/h8,10-11,15,23-25,29,34-35H,4-7,9,12-14,16-22H2,1-3H3,(H,33,38). The molecule has 1 aliphatic heterocycles. The van der Waals surface area contributed by atoms with Crippen molar-refractivity contribution in [2.75, 3.05) is 32.0 Å². The van der Waals surface area contributed by atoms with Gasteiger partial charge in [0.05, 0.1) is 0 Å². The number of hydrogen-bond acceptors (Lipinski definition) is 5. The number of rotatable bonds is 15. The van der Waals surface area contributed by atoms with Gasteiger partial charge in [0.2, 0.25) is 5.91 Å². The van der Waals surface area contributed by atoms with E-state index < -0.39 is 6.04 Å². The number of fused-ring (bicyclic) bond motifs is 3. The molecule has 0 spiro atoms. The quantitative estimate of drug-likeness (QED) is 0.212. The first-order valence-electron chi connectivity index (χ1n) is 15.4. The maximum Gasteiger partial charge on any atom is 0.255 e. The lowest BCUT2D eigenvalue weighted by atomic mass is 9.59. The van der Waals surface area contributed by atoms with Crippen molar-refractivity contribution < 1.29 is 14.4 Å². The molecule has 1 aromatic carbocycles. The van der Waals surface area contributed by atoms with Crippen molar-refractivity contribution in [2.45, 2.75) is 97.1 Å². The monoisotopic (exact) mass is 538 g/mol. The Hall–Kier alpha value is -2.41. The highest BCUT2D eigenvalue weighted by atomic mass is 16.2. The van der Waals surface area contributed by atoms with E-state index in [9.17, 15) is 14.4 Å². The highest BCUT2D eigenvalue weighted by molar-refractivity contribution is 6.02. The van der Waals surface area contributed by atoms with Crippen molar-refractivity contribution in [1.82, 2.24) is 15.5 Å². The van der Waals surface area contributed by atoms with Crippen LogP contribution in [0, 0.1) is 23.2 Å². The Morgan fingerprint density at radius 2 is 1.82 bits per heavy atom. The Labute approximate surface area is 235 Å². The summed E-state index contributed by atoms with van der Waals surface area (Å²) in [7, 11) is 1.56. The second-order valence-electron chi connectivity index (χ2n) is 12.9. The average Bonchev–Trinajstić information content (AvgIpc) is 3.23. The van der Waals surface area contributed by atoms with Crippen LogP contribution >= 0.6 is 0 Å². The van der Waals surface area contributed by atoms with E-state index in [1.807, 2.05) is 18.2 Å². The lowest BCUT2D eigenvalue weighted by molar-refractivity contribution is -0.125. The number of anilines is 1. The molecule has 2 fully saturated rings. The van der Waals surface area contributed by atoms with Gasteiger partial charge < -0.3 is 25.6 Å². The molecule has 3 atom stereocenters. The summed E-state index contributed by atoms with van der Waals surface area (Å²) in [5.74, 6) is 2.48. The molecule has 0 radical (unpaired) electrons. The van der Waals surface area contributed by atoms with Crippen LogP contribution < -0.4 is 16.0 Å². The van der Waals surface area contributed by atoms with Crippen LogP contribution in [0.4, 0.5) is 5.69 Å². The number of nitrogens with one attached hydrogen (secondary N) is 3. The minimum Gasteiger partial charge on any atom is -0.385 e. The third-order valence-corrected chi connectivity index (χ3v) is 9.33. The number of nitrogens with zero attached hydrogens (tertiary/aromatic N) is 1. The number of aldehydes is 1. The first-order valence-corrected chi connectivity index (χ1v) is 15.4. The Kier molecular flexibility index (Phi) is 10.4. The third-order valence-electron chi connectivity index (χ3n) is 9.33. The van der Waals surface area contributed by atoms with E-state index in [0.29, 0.717) is 23.9 Å². The SMILES string of the molecule is CNC(=O)C(CCC=O)N1Cc2c(NCCCCCCNCC3(C)CC4CC(C)CC(C4)C3)cccc2C1=O.